The van der Waals surface area contributed by atoms with Crippen molar-refractivity contribution in [2.75, 3.05) is 4.90 Å². The van der Waals surface area contributed by atoms with E-state index in [-0.39, 0.29) is 23.0 Å². The van der Waals surface area contributed by atoms with Gasteiger partial charge in [-0.1, -0.05) is 213 Å². The Labute approximate surface area is 551 Å². The largest absolute Gasteiger partial charge is 0.456 e. The first-order valence-corrected chi connectivity index (χ1v) is 33.7. The zero-order valence-corrected chi connectivity index (χ0v) is 54.9. The van der Waals surface area contributed by atoms with Crippen LogP contribution in [0.3, 0.4) is 0 Å². The van der Waals surface area contributed by atoms with Crippen molar-refractivity contribution in [3.63, 3.8) is 0 Å². The van der Waals surface area contributed by atoms with E-state index in [1.54, 1.807) is 0 Å². The van der Waals surface area contributed by atoms with Crippen LogP contribution >= 0.6 is 0 Å². The van der Waals surface area contributed by atoms with E-state index < -0.39 is 5.41 Å². The average molecular weight is 1230 g/mol. The van der Waals surface area contributed by atoms with Crippen molar-refractivity contribution >= 4 is 122 Å². The molecule has 2 aliphatic carbocycles. The van der Waals surface area contributed by atoms with Crippen molar-refractivity contribution in [2.24, 2.45) is 0 Å². The normalized spacial score (nSPS) is 15.9. The molecule has 16 aromatic rings. The molecular weight excluding hydrogens is 1160 g/mol. The molecule has 0 N–H and O–H groups in total. The first-order valence-electron chi connectivity index (χ1n) is 33.7. The number of hydrogen-bond acceptors (Lipinski definition) is 5. The van der Waals surface area contributed by atoms with E-state index in [0.29, 0.717) is 17.6 Å². The maximum atomic E-state index is 6.64. The number of fused-ring (bicyclic) bond motifs is 19. The van der Waals surface area contributed by atoms with Crippen molar-refractivity contribution in [3.05, 3.63) is 258 Å². The van der Waals surface area contributed by atoms with E-state index >= 15 is 0 Å². The summed E-state index contributed by atoms with van der Waals surface area (Å²) in [5, 5.41) is 9.29. The molecule has 456 valence electrons. The molecule has 20 rings (SSSR count). The van der Waals surface area contributed by atoms with Crippen LogP contribution in [-0.2, 0) is 21.7 Å². The topological polar surface area (TPSA) is 69.8 Å². The molecule has 2 aliphatic heterocycles. The highest BCUT2D eigenvalue weighted by Gasteiger charge is 2.53. The van der Waals surface area contributed by atoms with Crippen LogP contribution in [0.15, 0.2) is 234 Å². The third-order valence-electron chi connectivity index (χ3n) is 22.5. The lowest BCUT2D eigenvalue weighted by atomic mass is 9.30. The van der Waals surface area contributed by atoms with Gasteiger partial charge in [-0.25, -0.2) is 4.98 Å². The highest BCUT2D eigenvalue weighted by molar-refractivity contribution is 6.96. The Morgan fingerprint density at radius 3 is 1.79 bits per heavy atom. The molecule has 9 heteroatoms. The summed E-state index contributed by atoms with van der Waals surface area (Å²) < 4.78 is 14.0. The van der Waals surface area contributed by atoms with Crippen LogP contribution in [-0.4, -0.2) is 35.4 Å². The molecule has 0 saturated heterocycles. The maximum Gasteiger partial charge on any atom is 0.248 e. The van der Waals surface area contributed by atoms with Crippen LogP contribution in [0.2, 0.25) is 0 Å². The van der Waals surface area contributed by atoms with Gasteiger partial charge in [-0.15, -0.1) is 0 Å². The number of rotatable bonds is 5. The number of aromatic nitrogens is 6. The molecule has 0 amide bonds. The summed E-state index contributed by atoms with van der Waals surface area (Å²) >= 11 is 0. The van der Waals surface area contributed by atoms with Crippen LogP contribution in [0.4, 0.5) is 11.4 Å². The standard InChI is InChI=1S/C86H68BN7O/c1-83(2,3)51-35-38-60-63(47-51)86(8,9)79-78(60)92(53-36-40-62-64(48-53)85(6,7)43-42-84(62,4)5)70-44-50(45-71-75(70)87(79)65-29-21-28-61-74-69(93(71)76(61)65)41-39-59-56-26-15-17-30-66(56)91(77(59)74)52-22-11-10-12-23-52)81-88-80(49-34-37-58-57-27-16-20-33-72(57)95-73(58)46-49)89-82(90-81)94-67-31-18-13-24-54(67)55-25-14-19-32-68(55)94/h10-41,44-48H,42-43H2,1-9H3. The van der Waals surface area contributed by atoms with Gasteiger partial charge < -0.3 is 18.5 Å². The van der Waals surface area contributed by atoms with E-state index in [1.165, 1.54) is 88.0 Å². The van der Waals surface area contributed by atoms with Crippen LogP contribution < -0.4 is 15.8 Å². The molecular formula is C86H68BN7O. The van der Waals surface area contributed by atoms with E-state index in [1.807, 2.05) is 12.1 Å². The van der Waals surface area contributed by atoms with Gasteiger partial charge in [-0.3, -0.25) is 4.57 Å². The zero-order valence-electron chi connectivity index (χ0n) is 54.9. The Morgan fingerprint density at radius 2 is 1.05 bits per heavy atom. The molecule has 0 spiro atoms. The molecule has 4 aliphatic rings. The first-order chi connectivity index (χ1) is 46.0. The molecule has 5 aromatic heterocycles. The summed E-state index contributed by atoms with van der Waals surface area (Å²) in [7, 11) is 0. The van der Waals surface area contributed by atoms with Crippen molar-refractivity contribution in [1.82, 2.24) is 28.7 Å². The van der Waals surface area contributed by atoms with Gasteiger partial charge in [-0.2, -0.15) is 9.97 Å². The highest BCUT2D eigenvalue weighted by Crippen LogP contribution is 2.58. The first kappa shape index (κ1) is 54.8. The van der Waals surface area contributed by atoms with Crippen molar-refractivity contribution in [2.45, 2.75) is 96.8 Å². The van der Waals surface area contributed by atoms with Crippen LogP contribution in [0.5, 0.6) is 0 Å². The fourth-order valence-corrected chi connectivity index (χ4v) is 17.7. The zero-order chi connectivity index (χ0) is 63.9. The lowest BCUT2D eigenvalue weighted by Gasteiger charge is -2.45. The Bertz CT molecular complexity index is 6080. The van der Waals surface area contributed by atoms with E-state index in [0.717, 1.165) is 96.0 Å². The molecule has 0 radical (unpaired) electrons. The molecule has 95 heavy (non-hydrogen) atoms. The van der Waals surface area contributed by atoms with Crippen LogP contribution in [0, 0.1) is 0 Å². The minimum Gasteiger partial charge on any atom is -0.456 e. The lowest BCUT2D eigenvalue weighted by molar-refractivity contribution is 0.332. The van der Waals surface area contributed by atoms with Crippen LogP contribution in [0.25, 0.3) is 133 Å². The van der Waals surface area contributed by atoms with Gasteiger partial charge in [0, 0.05) is 99.2 Å². The molecule has 11 aromatic carbocycles. The Morgan fingerprint density at radius 1 is 0.432 bits per heavy atom. The number of furan rings is 1. The Hall–Kier alpha value is -10.8. The second kappa shape index (κ2) is 18.8. The summed E-state index contributed by atoms with van der Waals surface area (Å²) in [6.07, 6.45) is 2.24. The lowest BCUT2D eigenvalue weighted by Crippen LogP contribution is -2.56. The summed E-state index contributed by atoms with van der Waals surface area (Å²) in [5.74, 6) is 1.66. The van der Waals surface area contributed by atoms with Gasteiger partial charge in [0.05, 0.1) is 27.6 Å². The quantitative estimate of drug-likeness (QED) is 0.161. The van der Waals surface area contributed by atoms with Gasteiger partial charge in [0.2, 0.25) is 12.7 Å². The van der Waals surface area contributed by atoms with Crippen molar-refractivity contribution in [3.8, 4) is 40.1 Å². The predicted octanol–water partition coefficient (Wildman–Crippen LogP) is 20.4. The minimum absolute atomic E-state index is 0.0206. The minimum atomic E-state index is -0.400. The second-order valence-corrected chi connectivity index (χ2v) is 30.2. The molecule has 0 saturated carbocycles. The fourth-order valence-electron chi connectivity index (χ4n) is 17.7. The number of anilines is 2. The van der Waals surface area contributed by atoms with Gasteiger partial charge in [-0.05, 0) is 141 Å². The van der Waals surface area contributed by atoms with Gasteiger partial charge in [0.25, 0.3) is 0 Å². The average Bonchev–Trinajstić information content (AvgIpc) is 1.54. The van der Waals surface area contributed by atoms with Crippen LogP contribution in [0.1, 0.15) is 103 Å². The fraction of sp³-hybridized carbons (Fsp3) is 0.174. The SMILES string of the molecule is CC(C)(C)c1ccc2c(c1)C(C)(C)C1=C2N(c2ccc3c(c2)C(C)(C)CCC3(C)C)c2cc(-c3nc(-c4ccc5c(c4)oc4ccccc45)nc(-n4c5ccccc5c5ccccc54)n3)cc3c2B1c1cccc2c4c(ccc5c6ccccc6n(-c6ccccc6)c54)n-3c12. The van der Waals surface area contributed by atoms with Gasteiger partial charge in [0.1, 0.15) is 11.2 Å². The van der Waals surface area contributed by atoms with E-state index in [4.69, 9.17) is 19.4 Å². The predicted molar refractivity (Wildman–Crippen MR) is 395 cm³/mol. The second-order valence-electron chi connectivity index (χ2n) is 30.2. The molecule has 7 heterocycles. The van der Waals surface area contributed by atoms with E-state index in [2.05, 4.69) is 293 Å². The smallest absolute Gasteiger partial charge is 0.248 e. The molecule has 0 unspecified atom stereocenters. The van der Waals surface area contributed by atoms with Gasteiger partial charge >= 0.3 is 0 Å². The highest BCUT2D eigenvalue weighted by atomic mass is 16.3. The molecule has 0 bridgehead atoms. The van der Waals surface area contributed by atoms with Gasteiger partial charge in [0.15, 0.2) is 11.6 Å². The number of para-hydroxylation sites is 6. The summed E-state index contributed by atoms with van der Waals surface area (Å²) in [6.45, 7) is 21.7. The molecule has 0 atom stereocenters. The number of nitrogens with zero attached hydrogens (tertiary/aromatic N) is 7. The summed E-state index contributed by atoms with van der Waals surface area (Å²) in [6, 6.07) is 83.5. The Kier molecular flexibility index (Phi) is 10.8. The molecule has 0 fully saturated rings. The van der Waals surface area contributed by atoms with Crippen molar-refractivity contribution < 1.29 is 4.42 Å². The molecule has 8 nitrogen and oxygen atoms in total. The number of benzene rings is 11. The number of allylic oxidation sites excluding steroid dienone is 1. The van der Waals surface area contributed by atoms with E-state index in [9.17, 15) is 0 Å². The number of hydrogen-bond donors (Lipinski definition) is 0. The summed E-state index contributed by atoms with van der Waals surface area (Å²) in [5.41, 5.74) is 26.2. The summed E-state index contributed by atoms with van der Waals surface area (Å²) in [4.78, 5) is 19.8. The Balaban J connectivity index is 0.946. The third-order valence-corrected chi connectivity index (χ3v) is 22.5. The maximum absolute atomic E-state index is 6.64. The third kappa shape index (κ3) is 7.41. The monoisotopic (exact) mass is 1230 g/mol. The van der Waals surface area contributed by atoms with Crippen molar-refractivity contribution in [1.29, 1.82) is 0 Å².